The van der Waals surface area contributed by atoms with Crippen LogP contribution in [-0.2, 0) is 6.42 Å². The fourth-order valence-electron chi connectivity index (χ4n) is 3.16. The predicted octanol–water partition coefficient (Wildman–Crippen LogP) is 3.17. The summed E-state index contributed by atoms with van der Waals surface area (Å²) in [6.45, 7) is 7.11. The molecule has 4 nitrogen and oxygen atoms in total. The molecule has 1 unspecified atom stereocenters. The van der Waals surface area contributed by atoms with Gasteiger partial charge in [0, 0.05) is 17.1 Å². The van der Waals surface area contributed by atoms with Crippen LogP contribution in [0.1, 0.15) is 40.2 Å². The van der Waals surface area contributed by atoms with Crippen LogP contribution in [0.15, 0.2) is 17.5 Å². The fourth-order valence-corrected chi connectivity index (χ4v) is 4.12. The Morgan fingerprint density at radius 1 is 1.48 bits per heavy atom. The molecule has 5 heteroatoms. The van der Waals surface area contributed by atoms with Crippen LogP contribution in [0.5, 0.6) is 0 Å². The Balaban J connectivity index is 2.11. The Labute approximate surface area is 129 Å². The largest absolute Gasteiger partial charge is 0.384 e. The summed E-state index contributed by atoms with van der Waals surface area (Å²) in [6, 6.07) is 4.46. The van der Waals surface area contributed by atoms with Crippen LogP contribution in [0.25, 0.3) is 0 Å². The van der Waals surface area contributed by atoms with Gasteiger partial charge in [0.05, 0.1) is 11.6 Å². The van der Waals surface area contributed by atoms with Gasteiger partial charge in [-0.05, 0) is 55.8 Å². The molecule has 0 fully saturated rings. The smallest absolute Gasteiger partial charge is 0.140 e. The number of amidine groups is 1. The minimum Gasteiger partial charge on any atom is -0.384 e. The fraction of sp³-hybridized carbons (Fsp3) is 0.375. The van der Waals surface area contributed by atoms with E-state index in [1.165, 1.54) is 10.4 Å². The zero-order chi connectivity index (χ0) is 15.1. The van der Waals surface area contributed by atoms with Gasteiger partial charge < -0.3 is 10.6 Å². The number of hydrogen-bond donors (Lipinski definition) is 2. The summed E-state index contributed by atoms with van der Waals surface area (Å²) in [7, 11) is 0. The second-order valence-electron chi connectivity index (χ2n) is 5.61. The van der Waals surface area contributed by atoms with Gasteiger partial charge in [0.15, 0.2) is 0 Å². The van der Waals surface area contributed by atoms with Crippen molar-refractivity contribution in [2.45, 2.75) is 33.2 Å². The van der Waals surface area contributed by atoms with Crippen molar-refractivity contribution < 1.29 is 0 Å². The minimum absolute atomic E-state index is 0.0957. The number of pyridine rings is 1. The van der Waals surface area contributed by atoms with Crippen LogP contribution < -0.4 is 10.6 Å². The Morgan fingerprint density at radius 2 is 2.24 bits per heavy atom. The second-order valence-corrected chi connectivity index (χ2v) is 6.61. The summed E-state index contributed by atoms with van der Waals surface area (Å²) in [5.74, 6) is 0.947. The number of aryl methyl sites for hydroxylation is 2. The first kappa shape index (κ1) is 14.1. The lowest BCUT2D eigenvalue weighted by Crippen LogP contribution is -2.36. The van der Waals surface area contributed by atoms with Crippen LogP contribution in [0.3, 0.4) is 0 Å². The normalized spacial score (nSPS) is 17.7. The van der Waals surface area contributed by atoms with E-state index in [0.717, 1.165) is 35.6 Å². The van der Waals surface area contributed by atoms with Crippen molar-refractivity contribution in [3.63, 3.8) is 0 Å². The molecule has 0 bridgehead atoms. The number of nitrogens with one attached hydrogen (secondary N) is 1. The molecule has 1 atom stereocenters. The van der Waals surface area contributed by atoms with Crippen molar-refractivity contribution >= 4 is 23.0 Å². The van der Waals surface area contributed by atoms with Gasteiger partial charge in [-0.2, -0.15) is 0 Å². The third kappa shape index (κ3) is 2.31. The van der Waals surface area contributed by atoms with Gasteiger partial charge in [0.2, 0.25) is 0 Å². The van der Waals surface area contributed by atoms with E-state index < -0.39 is 0 Å². The summed E-state index contributed by atoms with van der Waals surface area (Å²) < 4.78 is 0. The molecule has 1 aliphatic heterocycles. The van der Waals surface area contributed by atoms with Gasteiger partial charge in [-0.1, -0.05) is 0 Å². The SMILES string of the molecule is Cc1cc(C)c(C(=N)N)c(N2CCc3sccc3C2C)n1. The average molecular weight is 300 g/mol. The molecule has 0 aliphatic carbocycles. The van der Waals surface area contributed by atoms with Gasteiger partial charge in [-0.3, -0.25) is 5.41 Å². The van der Waals surface area contributed by atoms with Crippen LogP contribution >= 0.6 is 11.3 Å². The maximum absolute atomic E-state index is 7.90. The zero-order valence-corrected chi connectivity index (χ0v) is 13.4. The van der Waals surface area contributed by atoms with Gasteiger partial charge >= 0.3 is 0 Å². The Kier molecular flexibility index (Phi) is 3.45. The molecule has 0 amide bonds. The third-order valence-electron chi connectivity index (χ3n) is 4.14. The van der Waals surface area contributed by atoms with Crippen molar-refractivity contribution in [3.8, 4) is 0 Å². The summed E-state index contributed by atoms with van der Waals surface area (Å²) in [5.41, 5.74) is 9.95. The van der Waals surface area contributed by atoms with Crippen molar-refractivity contribution in [3.05, 3.63) is 44.8 Å². The molecule has 110 valence electrons. The highest BCUT2D eigenvalue weighted by Crippen LogP contribution is 2.37. The van der Waals surface area contributed by atoms with Crippen LogP contribution in [0.4, 0.5) is 5.82 Å². The molecule has 3 heterocycles. The summed E-state index contributed by atoms with van der Waals surface area (Å²) in [5, 5.41) is 10.1. The highest BCUT2D eigenvalue weighted by atomic mass is 32.1. The van der Waals surface area contributed by atoms with E-state index in [1.54, 1.807) is 0 Å². The van der Waals surface area contributed by atoms with Crippen LogP contribution in [-0.4, -0.2) is 17.4 Å². The van der Waals surface area contributed by atoms with Crippen LogP contribution in [0, 0.1) is 19.3 Å². The highest BCUT2D eigenvalue weighted by molar-refractivity contribution is 7.10. The predicted molar refractivity (Wildman–Crippen MR) is 88.5 cm³/mol. The van der Waals surface area contributed by atoms with Gasteiger partial charge in [-0.15, -0.1) is 11.3 Å². The number of rotatable bonds is 2. The summed E-state index contributed by atoms with van der Waals surface area (Å²) in [6.07, 6.45) is 1.03. The first-order valence-electron chi connectivity index (χ1n) is 7.14. The quantitative estimate of drug-likeness (QED) is 0.661. The maximum Gasteiger partial charge on any atom is 0.140 e. The monoisotopic (exact) mass is 300 g/mol. The Hall–Kier alpha value is -1.88. The van der Waals surface area contributed by atoms with E-state index in [0.29, 0.717) is 0 Å². The van der Waals surface area contributed by atoms with Crippen molar-refractivity contribution in [1.29, 1.82) is 5.41 Å². The molecule has 0 saturated carbocycles. The highest BCUT2D eigenvalue weighted by Gasteiger charge is 2.28. The van der Waals surface area contributed by atoms with Crippen molar-refractivity contribution in [2.75, 3.05) is 11.4 Å². The standard InChI is InChI=1S/C16H20N4S/c1-9-8-10(2)19-16(14(9)15(17)18)20-6-4-13-12(11(20)3)5-7-21-13/h5,7-8,11H,4,6H2,1-3H3,(H3,17,18). The molecule has 3 rings (SSSR count). The number of thiophene rings is 1. The van der Waals surface area contributed by atoms with Crippen molar-refractivity contribution in [1.82, 2.24) is 4.98 Å². The number of fused-ring (bicyclic) bond motifs is 1. The topological polar surface area (TPSA) is 66.0 Å². The number of nitrogens with two attached hydrogens (primary N) is 1. The number of nitrogens with zero attached hydrogens (tertiary/aromatic N) is 2. The lowest BCUT2D eigenvalue weighted by Gasteiger charge is -2.36. The molecule has 0 spiro atoms. The molecule has 1 aliphatic rings. The van der Waals surface area contributed by atoms with Crippen molar-refractivity contribution in [2.24, 2.45) is 5.73 Å². The number of anilines is 1. The van der Waals surface area contributed by atoms with E-state index in [1.807, 2.05) is 31.3 Å². The maximum atomic E-state index is 7.90. The van der Waals surface area contributed by atoms with Gasteiger partial charge in [0.25, 0.3) is 0 Å². The first-order chi connectivity index (χ1) is 9.99. The molecule has 0 radical (unpaired) electrons. The van der Waals surface area contributed by atoms with Gasteiger partial charge in [-0.25, -0.2) is 4.98 Å². The van der Waals surface area contributed by atoms with E-state index in [4.69, 9.17) is 16.1 Å². The molecule has 2 aromatic heterocycles. The summed E-state index contributed by atoms with van der Waals surface area (Å²) >= 11 is 1.83. The van der Waals surface area contributed by atoms with E-state index in [-0.39, 0.29) is 11.9 Å². The van der Waals surface area contributed by atoms with Gasteiger partial charge in [0.1, 0.15) is 11.7 Å². The number of aromatic nitrogens is 1. The van der Waals surface area contributed by atoms with Crippen LogP contribution in [0.2, 0.25) is 0 Å². The Bertz CT molecular complexity index is 704. The molecule has 0 aromatic carbocycles. The van der Waals surface area contributed by atoms with E-state index >= 15 is 0 Å². The number of hydrogen-bond acceptors (Lipinski definition) is 4. The number of nitrogen functional groups attached to an aromatic ring is 1. The Morgan fingerprint density at radius 3 is 2.95 bits per heavy atom. The molecular weight excluding hydrogens is 280 g/mol. The first-order valence-corrected chi connectivity index (χ1v) is 8.02. The van der Waals surface area contributed by atoms with E-state index in [9.17, 15) is 0 Å². The zero-order valence-electron chi connectivity index (χ0n) is 12.6. The molecular formula is C16H20N4S. The van der Waals surface area contributed by atoms with E-state index in [2.05, 4.69) is 23.3 Å². The average Bonchev–Trinajstić information content (AvgIpc) is 2.86. The minimum atomic E-state index is 0.0957. The second kappa shape index (κ2) is 5.15. The molecule has 21 heavy (non-hydrogen) atoms. The molecule has 2 aromatic rings. The molecule has 3 N–H and O–H groups in total. The molecule has 0 saturated heterocycles. The lowest BCUT2D eigenvalue weighted by atomic mass is 9.99. The lowest BCUT2D eigenvalue weighted by molar-refractivity contribution is 0.623. The summed E-state index contributed by atoms with van der Waals surface area (Å²) in [4.78, 5) is 8.44. The third-order valence-corrected chi connectivity index (χ3v) is 5.14.